The maximum absolute atomic E-state index is 13.1. The van der Waals surface area contributed by atoms with Crippen LogP contribution in [0.1, 0.15) is 39.7 Å². The fourth-order valence-corrected chi connectivity index (χ4v) is 4.30. The Morgan fingerprint density at radius 2 is 1.86 bits per heavy atom. The molecule has 1 saturated carbocycles. The maximum atomic E-state index is 13.1. The lowest BCUT2D eigenvalue weighted by atomic mass is 10.2. The molecule has 6 heteroatoms. The van der Waals surface area contributed by atoms with E-state index in [2.05, 4.69) is 4.98 Å². The molecular formula is C16H21N3O2S. The van der Waals surface area contributed by atoms with Crippen molar-refractivity contribution in [2.45, 2.75) is 50.2 Å². The van der Waals surface area contributed by atoms with Crippen LogP contribution in [0.4, 0.5) is 5.69 Å². The number of rotatable bonds is 5. The quantitative estimate of drug-likeness (QED) is 0.850. The first-order chi connectivity index (χ1) is 10.3. The lowest BCUT2D eigenvalue weighted by Gasteiger charge is -2.29. The Kier molecular flexibility index (Phi) is 3.51. The van der Waals surface area contributed by atoms with E-state index in [0.717, 1.165) is 12.8 Å². The number of para-hydroxylation sites is 1. The van der Waals surface area contributed by atoms with E-state index in [1.54, 1.807) is 12.5 Å². The van der Waals surface area contributed by atoms with Crippen LogP contribution in [0.3, 0.4) is 0 Å². The highest BCUT2D eigenvalue weighted by Crippen LogP contribution is 2.46. The Morgan fingerprint density at radius 1 is 1.23 bits per heavy atom. The van der Waals surface area contributed by atoms with Crippen molar-refractivity contribution in [3.63, 3.8) is 0 Å². The van der Waals surface area contributed by atoms with E-state index in [-0.39, 0.29) is 16.6 Å². The van der Waals surface area contributed by atoms with E-state index in [4.69, 9.17) is 0 Å². The fraction of sp³-hybridized carbons (Fsp3) is 0.438. The van der Waals surface area contributed by atoms with Crippen molar-refractivity contribution < 1.29 is 8.42 Å². The molecule has 1 aliphatic carbocycles. The standard InChI is InChI=1S/C16H21N3O2S/c1-13(2)18-11-15(17-12-18)22(20,21)19(16(3)9-10-16)14-7-5-4-6-8-14/h4-8,11-13H,9-10H2,1-3H3. The van der Waals surface area contributed by atoms with Crippen LogP contribution in [0.25, 0.3) is 0 Å². The normalized spacial score (nSPS) is 16.7. The number of imidazole rings is 1. The summed E-state index contributed by atoms with van der Waals surface area (Å²) in [6.07, 6.45) is 4.93. The van der Waals surface area contributed by atoms with E-state index >= 15 is 0 Å². The zero-order chi connectivity index (χ0) is 16.0. The summed E-state index contributed by atoms with van der Waals surface area (Å²) in [5, 5.41) is 0.109. The molecule has 0 unspecified atom stereocenters. The summed E-state index contributed by atoms with van der Waals surface area (Å²) in [5.41, 5.74) is 0.350. The first kappa shape index (κ1) is 15.1. The number of anilines is 1. The van der Waals surface area contributed by atoms with E-state index in [1.165, 1.54) is 4.31 Å². The number of sulfonamides is 1. The van der Waals surface area contributed by atoms with Gasteiger partial charge in [-0.3, -0.25) is 4.31 Å². The van der Waals surface area contributed by atoms with Crippen molar-refractivity contribution in [2.75, 3.05) is 4.31 Å². The van der Waals surface area contributed by atoms with Crippen LogP contribution in [0.2, 0.25) is 0 Å². The van der Waals surface area contributed by atoms with Gasteiger partial charge in [0.2, 0.25) is 0 Å². The second-order valence-corrected chi connectivity index (χ2v) is 8.09. The molecule has 0 aliphatic heterocycles. The SMILES string of the molecule is CC(C)n1cnc(S(=O)(=O)N(c2ccccc2)C2(C)CC2)c1. The number of aromatic nitrogens is 2. The Hall–Kier alpha value is -1.82. The van der Waals surface area contributed by atoms with Gasteiger partial charge in [0.1, 0.15) is 0 Å². The van der Waals surface area contributed by atoms with Gasteiger partial charge in [-0.1, -0.05) is 18.2 Å². The van der Waals surface area contributed by atoms with Crippen molar-refractivity contribution in [1.29, 1.82) is 0 Å². The molecule has 22 heavy (non-hydrogen) atoms. The fourth-order valence-electron chi connectivity index (χ4n) is 2.51. The van der Waals surface area contributed by atoms with Gasteiger partial charge in [0, 0.05) is 12.2 Å². The Bertz CT molecular complexity index is 762. The molecule has 1 aromatic heterocycles. The molecule has 1 aliphatic rings. The van der Waals surface area contributed by atoms with Gasteiger partial charge in [-0.05, 0) is 45.7 Å². The zero-order valence-corrected chi connectivity index (χ0v) is 13.9. The highest BCUT2D eigenvalue weighted by Gasteiger charge is 2.50. The highest BCUT2D eigenvalue weighted by molar-refractivity contribution is 7.92. The molecule has 2 aromatic rings. The van der Waals surface area contributed by atoms with E-state index in [1.807, 2.05) is 55.7 Å². The molecule has 0 radical (unpaired) electrons. The molecule has 0 atom stereocenters. The van der Waals surface area contributed by atoms with Gasteiger partial charge < -0.3 is 4.57 Å². The highest BCUT2D eigenvalue weighted by atomic mass is 32.2. The number of hydrogen-bond acceptors (Lipinski definition) is 3. The largest absolute Gasteiger partial charge is 0.334 e. The van der Waals surface area contributed by atoms with Gasteiger partial charge in [0.15, 0.2) is 5.03 Å². The topological polar surface area (TPSA) is 55.2 Å². The summed E-state index contributed by atoms with van der Waals surface area (Å²) in [6.45, 7) is 5.97. The average Bonchev–Trinajstić information content (AvgIpc) is 3.02. The third kappa shape index (κ3) is 2.52. The third-order valence-electron chi connectivity index (χ3n) is 4.13. The van der Waals surface area contributed by atoms with Crippen LogP contribution >= 0.6 is 0 Å². The molecule has 118 valence electrons. The van der Waals surface area contributed by atoms with Crippen molar-refractivity contribution in [3.05, 3.63) is 42.9 Å². The Balaban J connectivity index is 2.07. The molecule has 1 aromatic carbocycles. The van der Waals surface area contributed by atoms with Crippen LogP contribution in [-0.4, -0.2) is 23.5 Å². The number of benzene rings is 1. The van der Waals surface area contributed by atoms with Crippen LogP contribution < -0.4 is 4.31 Å². The van der Waals surface area contributed by atoms with Gasteiger partial charge in [-0.15, -0.1) is 0 Å². The van der Waals surface area contributed by atoms with Gasteiger partial charge in [-0.25, -0.2) is 4.98 Å². The third-order valence-corrected chi connectivity index (χ3v) is 6.01. The van der Waals surface area contributed by atoms with Crippen LogP contribution in [0.5, 0.6) is 0 Å². The molecule has 0 spiro atoms. The molecule has 1 fully saturated rings. The van der Waals surface area contributed by atoms with Crippen LogP contribution in [-0.2, 0) is 10.0 Å². The zero-order valence-electron chi connectivity index (χ0n) is 13.1. The van der Waals surface area contributed by atoms with Crippen molar-refractivity contribution in [2.24, 2.45) is 0 Å². The van der Waals surface area contributed by atoms with E-state index in [0.29, 0.717) is 5.69 Å². The van der Waals surface area contributed by atoms with Crippen molar-refractivity contribution >= 4 is 15.7 Å². The van der Waals surface area contributed by atoms with Gasteiger partial charge in [0.05, 0.1) is 17.6 Å². The summed E-state index contributed by atoms with van der Waals surface area (Å²) in [4.78, 5) is 4.13. The minimum atomic E-state index is -3.66. The molecule has 3 rings (SSSR count). The molecule has 1 heterocycles. The first-order valence-corrected chi connectivity index (χ1v) is 8.92. The van der Waals surface area contributed by atoms with E-state index < -0.39 is 10.0 Å². The van der Waals surface area contributed by atoms with Gasteiger partial charge in [0.25, 0.3) is 10.0 Å². The van der Waals surface area contributed by atoms with Gasteiger partial charge in [-0.2, -0.15) is 8.42 Å². The minimum absolute atomic E-state index is 0.109. The van der Waals surface area contributed by atoms with Crippen LogP contribution in [0.15, 0.2) is 47.9 Å². The molecular weight excluding hydrogens is 298 g/mol. The summed E-state index contributed by atoms with van der Waals surface area (Å²) >= 11 is 0. The molecule has 0 bridgehead atoms. The Morgan fingerprint density at radius 3 is 2.36 bits per heavy atom. The second kappa shape index (κ2) is 5.12. The summed E-state index contributed by atoms with van der Waals surface area (Å²) < 4.78 is 29.6. The monoisotopic (exact) mass is 319 g/mol. The second-order valence-electron chi connectivity index (χ2n) is 6.35. The summed E-state index contributed by atoms with van der Waals surface area (Å²) in [5.74, 6) is 0. The summed E-state index contributed by atoms with van der Waals surface area (Å²) in [7, 11) is -3.66. The average molecular weight is 319 g/mol. The first-order valence-electron chi connectivity index (χ1n) is 7.48. The number of nitrogens with zero attached hydrogens (tertiary/aromatic N) is 3. The molecule has 5 nitrogen and oxygen atoms in total. The minimum Gasteiger partial charge on any atom is -0.334 e. The maximum Gasteiger partial charge on any atom is 0.283 e. The van der Waals surface area contributed by atoms with Crippen LogP contribution in [0, 0.1) is 0 Å². The molecule has 0 saturated heterocycles. The Labute approximate surface area is 131 Å². The smallest absolute Gasteiger partial charge is 0.283 e. The van der Waals surface area contributed by atoms with E-state index in [9.17, 15) is 8.42 Å². The van der Waals surface area contributed by atoms with Crippen molar-refractivity contribution in [1.82, 2.24) is 9.55 Å². The molecule has 0 amide bonds. The van der Waals surface area contributed by atoms with Gasteiger partial charge >= 0.3 is 0 Å². The lowest BCUT2D eigenvalue weighted by molar-refractivity contribution is 0.573. The number of hydrogen-bond donors (Lipinski definition) is 0. The summed E-state index contributed by atoms with van der Waals surface area (Å²) in [6, 6.07) is 9.45. The van der Waals surface area contributed by atoms with Crippen molar-refractivity contribution in [3.8, 4) is 0 Å². The predicted octanol–water partition coefficient (Wildman–Crippen LogP) is 3.21. The lowest BCUT2D eigenvalue weighted by Crippen LogP contribution is -2.40. The molecule has 0 N–H and O–H groups in total. The predicted molar refractivity (Wildman–Crippen MR) is 86.4 cm³/mol.